The Morgan fingerprint density at radius 2 is 1.77 bits per heavy atom. The molecule has 2 aromatic rings. The molecule has 2 rings (SSSR count). The van der Waals surface area contributed by atoms with Crippen molar-refractivity contribution in [3.63, 3.8) is 0 Å². The van der Waals surface area contributed by atoms with Crippen LogP contribution >= 0.6 is 22.6 Å². The van der Waals surface area contributed by atoms with Gasteiger partial charge in [0, 0.05) is 18.5 Å². The SMILES string of the molecule is CCOc1ccc(NC(=O)CCC(=O)NN=Cc2cc(I)c(OC)c(OC)c2)cc1. The van der Waals surface area contributed by atoms with Gasteiger partial charge < -0.3 is 19.5 Å². The number of rotatable bonds is 10. The van der Waals surface area contributed by atoms with Crippen LogP contribution in [0.4, 0.5) is 5.69 Å². The molecule has 2 amide bonds. The smallest absolute Gasteiger partial charge is 0.240 e. The van der Waals surface area contributed by atoms with Crippen LogP contribution in [-0.4, -0.2) is 38.9 Å². The number of methoxy groups -OCH3 is 2. The molecule has 0 radical (unpaired) electrons. The van der Waals surface area contributed by atoms with E-state index in [0.717, 1.165) is 14.9 Å². The van der Waals surface area contributed by atoms with Crippen LogP contribution in [0.3, 0.4) is 0 Å². The number of ether oxygens (including phenoxy) is 3. The van der Waals surface area contributed by atoms with E-state index in [0.29, 0.717) is 23.8 Å². The predicted molar refractivity (Wildman–Crippen MR) is 123 cm³/mol. The van der Waals surface area contributed by atoms with Crippen LogP contribution in [0.5, 0.6) is 17.2 Å². The first-order valence-corrected chi connectivity index (χ1v) is 10.3. The Labute approximate surface area is 189 Å². The maximum absolute atomic E-state index is 12.0. The maximum atomic E-state index is 12.0. The number of nitrogens with zero attached hydrogens (tertiary/aromatic N) is 1. The largest absolute Gasteiger partial charge is 0.494 e. The molecule has 2 aromatic carbocycles. The number of anilines is 1. The van der Waals surface area contributed by atoms with Crippen molar-refractivity contribution in [2.24, 2.45) is 5.10 Å². The van der Waals surface area contributed by atoms with Crippen LogP contribution in [0, 0.1) is 3.57 Å². The van der Waals surface area contributed by atoms with Crippen LogP contribution < -0.4 is 25.0 Å². The number of carbonyl (C=O) groups excluding carboxylic acids is 2. The third-order valence-electron chi connectivity index (χ3n) is 3.89. The minimum atomic E-state index is -0.358. The average Bonchev–Trinajstić information content (AvgIpc) is 2.73. The zero-order valence-corrected chi connectivity index (χ0v) is 19.2. The van der Waals surface area contributed by atoms with Gasteiger partial charge in [0.1, 0.15) is 5.75 Å². The summed E-state index contributed by atoms with van der Waals surface area (Å²) in [4.78, 5) is 23.9. The summed E-state index contributed by atoms with van der Waals surface area (Å²) in [5, 5.41) is 6.67. The van der Waals surface area contributed by atoms with Gasteiger partial charge in [0.25, 0.3) is 0 Å². The van der Waals surface area contributed by atoms with Crippen LogP contribution in [0.15, 0.2) is 41.5 Å². The summed E-state index contributed by atoms with van der Waals surface area (Å²) in [7, 11) is 3.12. The second-order valence-corrected chi connectivity index (χ2v) is 7.20. The monoisotopic (exact) mass is 525 g/mol. The first-order chi connectivity index (χ1) is 14.5. The summed E-state index contributed by atoms with van der Waals surface area (Å²) in [6, 6.07) is 10.6. The quantitative estimate of drug-likeness (QED) is 0.281. The molecule has 0 unspecified atom stereocenters. The third-order valence-corrected chi connectivity index (χ3v) is 4.69. The molecule has 0 aliphatic carbocycles. The summed E-state index contributed by atoms with van der Waals surface area (Å²) in [5.41, 5.74) is 3.80. The first-order valence-electron chi connectivity index (χ1n) is 9.23. The molecule has 0 saturated carbocycles. The minimum absolute atomic E-state index is 0.0175. The van der Waals surface area contributed by atoms with Gasteiger partial charge in [-0.15, -0.1) is 0 Å². The Kier molecular flexibility index (Phi) is 9.39. The van der Waals surface area contributed by atoms with E-state index in [-0.39, 0.29) is 24.7 Å². The highest BCUT2D eigenvalue weighted by Gasteiger charge is 2.10. The fourth-order valence-electron chi connectivity index (χ4n) is 2.50. The number of nitrogens with one attached hydrogen (secondary N) is 2. The van der Waals surface area contributed by atoms with Crippen molar-refractivity contribution >= 4 is 46.3 Å². The lowest BCUT2D eigenvalue weighted by molar-refractivity contribution is -0.124. The van der Waals surface area contributed by atoms with Gasteiger partial charge in [0.2, 0.25) is 11.8 Å². The topological polar surface area (TPSA) is 98.2 Å². The Bertz CT molecular complexity index is 900. The van der Waals surface area contributed by atoms with E-state index in [4.69, 9.17) is 14.2 Å². The standard InChI is InChI=1S/C21H24IN3O5/c1-4-30-16-7-5-15(6-8-16)24-19(26)9-10-20(27)25-23-13-14-11-17(22)21(29-3)18(12-14)28-2/h5-8,11-13H,4,9-10H2,1-3H3,(H,24,26)(H,25,27). The minimum Gasteiger partial charge on any atom is -0.494 e. The van der Waals surface area contributed by atoms with Crippen molar-refractivity contribution in [2.45, 2.75) is 19.8 Å². The van der Waals surface area contributed by atoms with E-state index in [2.05, 4.69) is 38.4 Å². The molecule has 160 valence electrons. The Morgan fingerprint density at radius 3 is 2.40 bits per heavy atom. The molecule has 0 atom stereocenters. The number of hydrogen-bond donors (Lipinski definition) is 2. The van der Waals surface area contributed by atoms with Gasteiger partial charge in [-0.3, -0.25) is 9.59 Å². The molecule has 30 heavy (non-hydrogen) atoms. The molecule has 9 heteroatoms. The van der Waals surface area contributed by atoms with Crippen molar-refractivity contribution in [2.75, 3.05) is 26.1 Å². The lowest BCUT2D eigenvalue weighted by Crippen LogP contribution is -2.20. The highest BCUT2D eigenvalue weighted by atomic mass is 127. The average molecular weight is 525 g/mol. The summed E-state index contributed by atoms with van der Waals surface area (Å²) >= 11 is 2.13. The van der Waals surface area contributed by atoms with Gasteiger partial charge in [-0.05, 0) is 71.5 Å². The molecular weight excluding hydrogens is 501 g/mol. The van der Waals surface area contributed by atoms with Gasteiger partial charge in [0.15, 0.2) is 11.5 Å². The van der Waals surface area contributed by atoms with E-state index < -0.39 is 0 Å². The van der Waals surface area contributed by atoms with Crippen molar-refractivity contribution in [3.05, 3.63) is 45.5 Å². The number of halogens is 1. The van der Waals surface area contributed by atoms with Crippen molar-refractivity contribution in [1.82, 2.24) is 5.43 Å². The van der Waals surface area contributed by atoms with Crippen molar-refractivity contribution in [3.8, 4) is 17.2 Å². The van der Waals surface area contributed by atoms with Crippen molar-refractivity contribution in [1.29, 1.82) is 0 Å². The first kappa shape index (κ1) is 23.5. The molecule has 8 nitrogen and oxygen atoms in total. The Hall–Kier alpha value is -2.82. The second-order valence-electron chi connectivity index (χ2n) is 6.04. The zero-order valence-electron chi connectivity index (χ0n) is 17.0. The van der Waals surface area contributed by atoms with Gasteiger partial charge >= 0.3 is 0 Å². The fourth-order valence-corrected chi connectivity index (χ4v) is 3.34. The van der Waals surface area contributed by atoms with Gasteiger partial charge in [0.05, 0.1) is 30.6 Å². The molecule has 0 aliphatic heterocycles. The lowest BCUT2D eigenvalue weighted by Gasteiger charge is -2.10. The molecule has 0 saturated heterocycles. The Morgan fingerprint density at radius 1 is 1.07 bits per heavy atom. The van der Waals surface area contributed by atoms with Crippen LogP contribution in [0.25, 0.3) is 0 Å². The van der Waals surface area contributed by atoms with Gasteiger partial charge in [-0.1, -0.05) is 0 Å². The molecule has 0 bridgehead atoms. The molecule has 2 N–H and O–H groups in total. The molecule has 0 heterocycles. The van der Waals surface area contributed by atoms with E-state index in [1.807, 2.05) is 13.0 Å². The number of amides is 2. The van der Waals surface area contributed by atoms with E-state index >= 15 is 0 Å². The molecule has 0 aromatic heterocycles. The Balaban J connectivity index is 1.80. The molecule has 0 fully saturated rings. The predicted octanol–water partition coefficient (Wildman–Crippen LogP) is 3.58. The summed E-state index contributed by atoms with van der Waals surface area (Å²) in [6.07, 6.45) is 1.56. The molecule has 0 aliphatic rings. The van der Waals surface area contributed by atoms with E-state index in [1.165, 1.54) is 6.21 Å². The van der Waals surface area contributed by atoms with E-state index in [1.54, 1.807) is 44.6 Å². The summed E-state index contributed by atoms with van der Waals surface area (Å²) in [5.74, 6) is 1.33. The van der Waals surface area contributed by atoms with E-state index in [9.17, 15) is 9.59 Å². The number of carbonyl (C=O) groups is 2. The van der Waals surface area contributed by atoms with Crippen LogP contribution in [0.2, 0.25) is 0 Å². The molecular formula is C21H24IN3O5. The summed E-state index contributed by atoms with van der Waals surface area (Å²) < 4.78 is 16.8. The maximum Gasteiger partial charge on any atom is 0.240 e. The highest BCUT2D eigenvalue weighted by molar-refractivity contribution is 14.1. The van der Waals surface area contributed by atoms with Crippen molar-refractivity contribution < 1.29 is 23.8 Å². The fraction of sp³-hybridized carbons (Fsp3) is 0.286. The number of hydrazone groups is 1. The van der Waals surface area contributed by atoms with Gasteiger partial charge in [-0.2, -0.15) is 5.10 Å². The van der Waals surface area contributed by atoms with Crippen LogP contribution in [-0.2, 0) is 9.59 Å². The lowest BCUT2D eigenvalue weighted by atomic mass is 10.2. The van der Waals surface area contributed by atoms with Gasteiger partial charge in [-0.25, -0.2) is 5.43 Å². The number of benzene rings is 2. The second kappa shape index (κ2) is 12.0. The normalized spacial score (nSPS) is 10.5. The third kappa shape index (κ3) is 7.21. The zero-order chi connectivity index (χ0) is 21.9. The highest BCUT2D eigenvalue weighted by Crippen LogP contribution is 2.33. The summed E-state index contributed by atoms with van der Waals surface area (Å²) in [6.45, 7) is 2.48. The number of hydrogen-bond acceptors (Lipinski definition) is 6. The molecule has 0 spiro atoms. The van der Waals surface area contributed by atoms with Crippen LogP contribution in [0.1, 0.15) is 25.3 Å².